The Hall–Kier alpha value is -3.03. The quantitative estimate of drug-likeness (QED) is 0.594. The zero-order chi connectivity index (χ0) is 21.3. The second kappa shape index (κ2) is 10.5. The SMILES string of the molecule is COc1cccc(CC(C#N)CS(=O)(=O)CC(C#N)Cc2cccc(OC)c2)c1. The molecular weight excluding hydrogens is 388 g/mol. The van der Waals surface area contributed by atoms with Crippen LogP contribution in [0.3, 0.4) is 0 Å². The van der Waals surface area contributed by atoms with Crippen molar-refractivity contribution >= 4 is 9.84 Å². The van der Waals surface area contributed by atoms with E-state index in [0.29, 0.717) is 24.3 Å². The van der Waals surface area contributed by atoms with Gasteiger partial charge in [0.1, 0.15) is 11.5 Å². The van der Waals surface area contributed by atoms with Gasteiger partial charge in [-0.05, 0) is 48.2 Å². The Morgan fingerprint density at radius 3 is 1.59 bits per heavy atom. The molecule has 2 aromatic rings. The minimum Gasteiger partial charge on any atom is -0.497 e. The predicted molar refractivity (Wildman–Crippen MR) is 110 cm³/mol. The molecule has 29 heavy (non-hydrogen) atoms. The van der Waals surface area contributed by atoms with Crippen molar-refractivity contribution in [3.8, 4) is 23.6 Å². The third-order valence-corrected chi connectivity index (χ3v) is 6.33. The zero-order valence-electron chi connectivity index (χ0n) is 16.5. The molecule has 0 saturated carbocycles. The smallest absolute Gasteiger partial charge is 0.152 e. The fourth-order valence-electron chi connectivity index (χ4n) is 3.13. The molecule has 0 saturated heterocycles. The van der Waals surface area contributed by atoms with Gasteiger partial charge in [0, 0.05) is 0 Å². The van der Waals surface area contributed by atoms with E-state index in [9.17, 15) is 18.9 Å². The van der Waals surface area contributed by atoms with Gasteiger partial charge >= 0.3 is 0 Å². The van der Waals surface area contributed by atoms with E-state index in [1.807, 2.05) is 12.1 Å². The summed E-state index contributed by atoms with van der Waals surface area (Å²) in [6.07, 6.45) is 0.611. The minimum absolute atomic E-state index is 0.281. The van der Waals surface area contributed by atoms with Gasteiger partial charge in [-0.25, -0.2) is 8.42 Å². The van der Waals surface area contributed by atoms with Crippen molar-refractivity contribution in [1.82, 2.24) is 0 Å². The first kappa shape index (κ1) is 22.3. The zero-order valence-corrected chi connectivity index (χ0v) is 17.4. The molecule has 0 heterocycles. The Balaban J connectivity index is 2.03. The molecule has 0 radical (unpaired) electrons. The molecule has 0 spiro atoms. The van der Waals surface area contributed by atoms with Crippen molar-refractivity contribution in [2.24, 2.45) is 11.8 Å². The molecule has 0 bridgehead atoms. The monoisotopic (exact) mass is 412 g/mol. The number of sulfone groups is 1. The standard InChI is InChI=1S/C22H24N2O4S/c1-27-21-7-3-5-17(11-21)9-19(13-23)15-29(25,26)16-20(14-24)10-18-6-4-8-22(12-18)28-2/h3-8,11-12,19-20H,9-10,15-16H2,1-2H3. The Morgan fingerprint density at radius 1 is 0.828 bits per heavy atom. The van der Waals surface area contributed by atoms with Crippen molar-refractivity contribution in [3.63, 3.8) is 0 Å². The van der Waals surface area contributed by atoms with Gasteiger partial charge in [0.15, 0.2) is 9.84 Å². The number of nitrogens with zero attached hydrogens (tertiary/aromatic N) is 2. The highest BCUT2D eigenvalue weighted by molar-refractivity contribution is 7.91. The van der Waals surface area contributed by atoms with Crippen molar-refractivity contribution in [1.29, 1.82) is 10.5 Å². The van der Waals surface area contributed by atoms with Crippen molar-refractivity contribution < 1.29 is 17.9 Å². The lowest BCUT2D eigenvalue weighted by molar-refractivity contribution is 0.414. The number of hydrogen-bond donors (Lipinski definition) is 0. The molecule has 7 heteroatoms. The lowest BCUT2D eigenvalue weighted by Crippen LogP contribution is -2.24. The topological polar surface area (TPSA) is 100 Å². The van der Waals surface area contributed by atoms with Gasteiger partial charge in [0.2, 0.25) is 0 Å². The maximum absolute atomic E-state index is 12.6. The fraction of sp³-hybridized carbons (Fsp3) is 0.364. The van der Waals surface area contributed by atoms with Crippen LogP contribution in [0.5, 0.6) is 11.5 Å². The second-order valence-corrected chi connectivity index (χ2v) is 8.99. The summed E-state index contributed by atoms with van der Waals surface area (Å²) in [5.41, 5.74) is 1.67. The Morgan fingerprint density at radius 2 is 1.24 bits per heavy atom. The minimum atomic E-state index is -3.58. The van der Waals surface area contributed by atoms with Gasteiger partial charge in [0.25, 0.3) is 0 Å². The van der Waals surface area contributed by atoms with Gasteiger partial charge in [-0.3, -0.25) is 0 Å². The molecule has 0 N–H and O–H groups in total. The molecule has 2 unspecified atom stereocenters. The first-order valence-corrected chi connectivity index (χ1v) is 11.0. The van der Waals surface area contributed by atoms with Crippen molar-refractivity contribution in [3.05, 3.63) is 59.7 Å². The van der Waals surface area contributed by atoms with E-state index < -0.39 is 21.7 Å². The van der Waals surface area contributed by atoms with E-state index in [1.54, 1.807) is 50.6 Å². The normalized spacial score (nSPS) is 13.0. The highest BCUT2D eigenvalue weighted by Gasteiger charge is 2.24. The molecule has 6 nitrogen and oxygen atoms in total. The van der Waals surface area contributed by atoms with Crippen LogP contribution in [0.25, 0.3) is 0 Å². The summed E-state index contributed by atoms with van der Waals surface area (Å²) in [6.45, 7) is 0. The molecule has 2 rings (SSSR count). The summed E-state index contributed by atoms with van der Waals surface area (Å²) in [4.78, 5) is 0. The lowest BCUT2D eigenvalue weighted by Gasteiger charge is -2.14. The summed E-state index contributed by atoms with van der Waals surface area (Å²) in [6, 6.07) is 18.6. The molecule has 2 aromatic carbocycles. The number of ether oxygens (including phenoxy) is 2. The van der Waals surface area contributed by atoms with Crippen LogP contribution in [0.1, 0.15) is 11.1 Å². The number of methoxy groups -OCH3 is 2. The van der Waals surface area contributed by atoms with E-state index in [0.717, 1.165) is 11.1 Å². The van der Waals surface area contributed by atoms with Gasteiger partial charge in [-0.2, -0.15) is 10.5 Å². The summed E-state index contributed by atoms with van der Waals surface area (Å²) in [5.74, 6) is -0.630. The molecule has 0 amide bonds. The third kappa shape index (κ3) is 7.14. The number of nitriles is 2. The summed E-state index contributed by atoms with van der Waals surface area (Å²) >= 11 is 0. The van der Waals surface area contributed by atoms with Crippen LogP contribution in [0.2, 0.25) is 0 Å². The predicted octanol–water partition coefficient (Wildman–Crippen LogP) is 3.18. The second-order valence-electron chi connectivity index (χ2n) is 6.84. The van der Waals surface area contributed by atoms with Crippen LogP contribution in [0.15, 0.2) is 48.5 Å². The number of hydrogen-bond acceptors (Lipinski definition) is 6. The van der Waals surface area contributed by atoms with Crippen LogP contribution in [-0.4, -0.2) is 34.1 Å². The first-order chi connectivity index (χ1) is 13.9. The van der Waals surface area contributed by atoms with Crippen LogP contribution in [-0.2, 0) is 22.7 Å². The fourth-order valence-corrected chi connectivity index (χ4v) is 4.88. The molecule has 2 atom stereocenters. The maximum atomic E-state index is 12.6. The molecule has 0 fully saturated rings. The Labute approximate surface area is 172 Å². The molecule has 152 valence electrons. The van der Waals surface area contributed by atoms with Crippen molar-refractivity contribution in [2.75, 3.05) is 25.7 Å². The maximum Gasteiger partial charge on any atom is 0.152 e. The van der Waals surface area contributed by atoms with Gasteiger partial charge in [-0.1, -0.05) is 24.3 Å². The van der Waals surface area contributed by atoms with E-state index in [4.69, 9.17) is 9.47 Å². The van der Waals surface area contributed by atoms with Crippen LogP contribution < -0.4 is 9.47 Å². The van der Waals surface area contributed by atoms with Crippen LogP contribution in [0, 0.1) is 34.5 Å². The average Bonchev–Trinajstić information content (AvgIpc) is 2.72. The summed E-state index contributed by atoms with van der Waals surface area (Å²) in [7, 11) is -0.481. The van der Waals surface area contributed by atoms with E-state index >= 15 is 0 Å². The largest absolute Gasteiger partial charge is 0.497 e. The Kier molecular flexibility index (Phi) is 8.06. The van der Waals surface area contributed by atoms with E-state index in [2.05, 4.69) is 12.1 Å². The summed E-state index contributed by atoms with van der Waals surface area (Å²) < 4.78 is 35.6. The third-order valence-electron chi connectivity index (χ3n) is 4.51. The summed E-state index contributed by atoms with van der Waals surface area (Å²) in [5, 5.41) is 18.9. The van der Waals surface area contributed by atoms with E-state index in [-0.39, 0.29) is 11.5 Å². The molecule has 0 aliphatic carbocycles. The van der Waals surface area contributed by atoms with Crippen LogP contribution >= 0.6 is 0 Å². The van der Waals surface area contributed by atoms with Gasteiger partial charge < -0.3 is 9.47 Å². The average molecular weight is 413 g/mol. The number of benzene rings is 2. The van der Waals surface area contributed by atoms with Crippen LogP contribution in [0.4, 0.5) is 0 Å². The lowest BCUT2D eigenvalue weighted by atomic mass is 10.0. The molecule has 0 aromatic heterocycles. The van der Waals surface area contributed by atoms with E-state index in [1.165, 1.54) is 0 Å². The molecule has 0 aliphatic heterocycles. The highest BCUT2D eigenvalue weighted by atomic mass is 32.2. The van der Waals surface area contributed by atoms with Crippen molar-refractivity contribution in [2.45, 2.75) is 12.8 Å². The molecular formula is C22H24N2O4S. The Bertz CT molecular complexity index is 930. The highest BCUT2D eigenvalue weighted by Crippen LogP contribution is 2.20. The first-order valence-electron chi connectivity index (χ1n) is 9.14. The number of rotatable bonds is 10. The van der Waals surface area contributed by atoms with Gasteiger partial charge in [-0.15, -0.1) is 0 Å². The van der Waals surface area contributed by atoms with Gasteiger partial charge in [0.05, 0.1) is 49.7 Å². The molecule has 0 aliphatic rings.